The molecule has 1 aromatic heterocycles. The van der Waals surface area contributed by atoms with Gasteiger partial charge in [0.15, 0.2) is 0 Å². The lowest BCUT2D eigenvalue weighted by atomic mass is 10.2. The first-order chi connectivity index (χ1) is 11.5. The maximum absolute atomic E-state index is 12.4. The van der Waals surface area contributed by atoms with Gasteiger partial charge in [-0.25, -0.2) is 9.97 Å². The van der Waals surface area contributed by atoms with Gasteiger partial charge in [0.2, 0.25) is 11.8 Å². The zero-order valence-electron chi connectivity index (χ0n) is 13.6. The van der Waals surface area contributed by atoms with Gasteiger partial charge >= 0.3 is 0 Å². The van der Waals surface area contributed by atoms with E-state index < -0.39 is 5.91 Å². The number of hydrogen-bond acceptors (Lipinski definition) is 6. The molecule has 0 aliphatic carbocycles. The van der Waals surface area contributed by atoms with Crippen LogP contribution in [0.15, 0.2) is 30.6 Å². The summed E-state index contributed by atoms with van der Waals surface area (Å²) in [5.74, 6) is 0.111. The van der Waals surface area contributed by atoms with Gasteiger partial charge in [0, 0.05) is 18.7 Å². The molecule has 0 saturated heterocycles. The van der Waals surface area contributed by atoms with Gasteiger partial charge in [-0.15, -0.1) is 0 Å². The van der Waals surface area contributed by atoms with Crippen LogP contribution in [0.25, 0.3) is 0 Å². The highest BCUT2D eigenvalue weighted by Gasteiger charge is 2.13. The molecule has 1 aromatic carbocycles. The Bertz CT molecular complexity index is 749. The van der Waals surface area contributed by atoms with Crippen molar-refractivity contribution in [2.24, 2.45) is 0 Å². The zero-order chi connectivity index (χ0) is 17.5. The maximum Gasteiger partial charge on any atom is 0.274 e. The molecule has 0 spiro atoms. The van der Waals surface area contributed by atoms with E-state index in [1.807, 2.05) is 6.92 Å². The number of nitrogens with zero attached hydrogens (tertiary/aromatic N) is 2. The first kappa shape index (κ1) is 17.2. The summed E-state index contributed by atoms with van der Waals surface area (Å²) in [6, 6.07) is 6.37. The van der Waals surface area contributed by atoms with Crippen LogP contribution >= 0.6 is 0 Å². The fourth-order valence-electron chi connectivity index (χ4n) is 1.96. The Hall–Kier alpha value is -3.16. The van der Waals surface area contributed by atoms with E-state index in [-0.39, 0.29) is 11.6 Å². The minimum atomic E-state index is -0.448. The summed E-state index contributed by atoms with van der Waals surface area (Å²) >= 11 is 0. The third-order valence-electron chi connectivity index (χ3n) is 2.93. The highest BCUT2D eigenvalue weighted by molar-refractivity contribution is 6.04. The van der Waals surface area contributed by atoms with Crippen LogP contribution in [0.1, 0.15) is 24.3 Å². The van der Waals surface area contributed by atoms with Gasteiger partial charge < -0.3 is 20.1 Å². The average Bonchev–Trinajstić information content (AvgIpc) is 2.55. The normalized spacial score (nSPS) is 9.96. The Kier molecular flexibility index (Phi) is 5.67. The zero-order valence-corrected chi connectivity index (χ0v) is 13.6. The number of rotatable bonds is 6. The van der Waals surface area contributed by atoms with Crippen LogP contribution in [-0.4, -0.2) is 35.5 Å². The van der Waals surface area contributed by atoms with E-state index in [2.05, 4.69) is 20.6 Å². The summed E-state index contributed by atoms with van der Waals surface area (Å²) in [6.45, 7) is 3.66. The van der Waals surface area contributed by atoms with Gasteiger partial charge in [-0.1, -0.05) is 0 Å². The lowest BCUT2D eigenvalue weighted by Crippen LogP contribution is -2.15. The summed E-state index contributed by atoms with van der Waals surface area (Å²) in [5, 5.41) is 5.34. The number of carbonyl (C=O) groups is 2. The number of carbonyl (C=O) groups excluding carboxylic acids is 2. The quantitative estimate of drug-likeness (QED) is 0.841. The van der Waals surface area contributed by atoms with Crippen LogP contribution in [0.5, 0.6) is 11.6 Å². The van der Waals surface area contributed by atoms with Gasteiger partial charge in [0.25, 0.3) is 5.91 Å². The summed E-state index contributed by atoms with van der Waals surface area (Å²) in [4.78, 5) is 31.4. The van der Waals surface area contributed by atoms with Crippen molar-refractivity contribution in [1.29, 1.82) is 0 Å². The number of anilines is 2. The molecule has 0 unspecified atom stereocenters. The Morgan fingerprint density at radius 2 is 1.96 bits per heavy atom. The first-order valence-corrected chi connectivity index (χ1v) is 7.25. The van der Waals surface area contributed by atoms with E-state index in [0.717, 1.165) is 0 Å². The third kappa shape index (κ3) is 4.42. The van der Waals surface area contributed by atoms with Crippen molar-refractivity contribution in [2.75, 3.05) is 24.4 Å². The fraction of sp³-hybridized carbons (Fsp3) is 0.250. The van der Waals surface area contributed by atoms with Crippen LogP contribution in [-0.2, 0) is 4.79 Å². The molecular weight excluding hydrogens is 312 g/mol. The molecule has 2 rings (SSSR count). The molecular formula is C16H18N4O4. The van der Waals surface area contributed by atoms with E-state index in [1.165, 1.54) is 26.4 Å². The van der Waals surface area contributed by atoms with Gasteiger partial charge in [-0.2, -0.15) is 0 Å². The highest BCUT2D eigenvalue weighted by Crippen LogP contribution is 2.28. The number of aromatic nitrogens is 2. The molecule has 0 aliphatic rings. The Labute approximate surface area is 139 Å². The molecule has 0 atom stereocenters. The monoisotopic (exact) mass is 330 g/mol. The topological polar surface area (TPSA) is 102 Å². The molecule has 0 fully saturated rings. The van der Waals surface area contributed by atoms with Gasteiger partial charge in [-0.3, -0.25) is 9.59 Å². The highest BCUT2D eigenvalue weighted by atomic mass is 16.5. The number of benzene rings is 1. The molecule has 8 heteroatoms. The number of methoxy groups -OCH3 is 1. The smallest absolute Gasteiger partial charge is 0.274 e. The SMILES string of the molecule is CCOc1cc(C(=O)Nc2cc(NC(C)=O)ccc2OC)ncn1. The van der Waals surface area contributed by atoms with E-state index in [0.29, 0.717) is 29.6 Å². The third-order valence-corrected chi connectivity index (χ3v) is 2.93. The lowest BCUT2D eigenvalue weighted by molar-refractivity contribution is -0.114. The molecule has 0 aliphatic heterocycles. The molecule has 24 heavy (non-hydrogen) atoms. The predicted octanol–water partition coefficient (Wildman–Crippen LogP) is 2.09. The first-order valence-electron chi connectivity index (χ1n) is 7.25. The predicted molar refractivity (Wildman–Crippen MR) is 88.5 cm³/mol. The molecule has 126 valence electrons. The van der Waals surface area contributed by atoms with Crippen molar-refractivity contribution in [2.45, 2.75) is 13.8 Å². The average molecular weight is 330 g/mol. The maximum atomic E-state index is 12.4. The molecule has 2 amide bonds. The van der Waals surface area contributed by atoms with E-state index in [9.17, 15) is 9.59 Å². The van der Waals surface area contributed by atoms with Crippen molar-refractivity contribution >= 4 is 23.2 Å². The fourth-order valence-corrected chi connectivity index (χ4v) is 1.96. The molecule has 2 N–H and O–H groups in total. The van der Waals surface area contributed by atoms with Crippen LogP contribution < -0.4 is 20.1 Å². The lowest BCUT2D eigenvalue weighted by Gasteiger charge is -2.12. The van der Waals surface area contributed by atoms with Gasteiger partial charge in [0.05, 0.1) is 19.4 Å². The number of hydrogen-bond donors (Lipinski definition) is 2. The van der Waals surface area contributed by atoms with Crippen LogP contribution in [0.2, 0.25) is 0 Å². The largest absolute Gasteiger partial charge is 0.495 e. The van der Waals surface area contributed by atoms with Gasteiger partial charge in [-0.05, 0) is 25.1 Å². The molecule has 8 nitrogen and oxygen atoms in total. The molecule has 0 radical (unpaired) electrons. The summed E-state index contributed by atoms with van der Waals surface area (Å²) in [5.41, 5.74) is 1.10. The van der Waals surface area contributed by atoms with E-state index in [4.69, 9.17) is 9.47 Å². The Balaban J connectivity index is 2.23. The van der Waals surface area contributed by atoms with Crippen molar-refractivity contribution in [1.82, 2.24) is 9.97 Å². The Morgan fingerprint density at radius 3 is 2.62 bits per heavy atom. The summed E-state index contributed by atoms with van der Waals surface area (Å²) in [6.07, 6.45) is 1.25. The van der Waals surface area contributed by atoms with Crippen molar-refractivity contribution < 1.29 is 19.1 Å². The van der Waals surface area contributed by atoms with Gasteiger partial charge in [0.1, 0.15) is 17.8 Å². The second kappa shape index (κ2) is 7.91. The number of ether oxygens (including phenoxy) is 2. The van der Waals surface area contributed by atoms with Crippen LogP contribution in [0, 0.1) is 0 Å². The summed E-state index contributed by atoms with van der Waals surface area (Å²) < 4.78 is 10.5. The van der Waals surface area contributed by atoms with Crippen LogP contribution in [0.4, 0.5) is 11.4 Å². The standard InChI is InChI=1S/C16H18N4O4/c1-4-24-15-8-13(17-9-18-15)16(22)20-12-7-11(19-10(2)21)5-6-14(12)23-3/h5-9H,4H2,1-3H3,(H,19,21)(H,20,22). The van der Waals surface area contributed by atoms with Crippen LogP contribution in [0.3, 0.4) is 0 Å². The van der Waals surface area contributed by atoms with Crippen molar-refractivity contribution in [3.63, 3.8) is 0 Å². The van der Waals surface area contributed by atoms with Crippen molar-refractivity contribution in [3.8, 4) is 11.6 Å². The number of amides is 2. The molecule has 0 bridgehead atoms. The van der Waals surface area contributed by atoms with E-state index >= 15 is 0 Å². The summed E-state index contributed by atoms with van der Waals surface area (Å²) in [7, 11) is 1.49. The Morgan fingerprint density at radius 1 is 1.17 bits per heavy atom. The molecule has 0 saturated carbocycles. The van der Waals surface area contributed by atoms with Crippen molar-refractivity contribution in [3.05, 3.63) is 36.3 Å². The molecule has 1 heterocycles. The second-order valence-corrected chi connectivity index (χ2v) is 4.72. The second-order valence-electron chi connectivity index (χ2n) is 4.72. The minimum Gasteiger partial charge on any atom is -0.495 e. The number of nitrogens with one attached hydrogen (secondary N) is 2. The minimum absolute atomic E-state index is 0.153. The van der Waals surface area contributed by atoms with E-state index in [1.54, 1.807) is 18.2 Å². The molecule has 2 aromatic rings.